The van der Waals surface area contributed by atoms with Crippen LogP contribution in [0.25, 0.3) is 0 Å². The van der Waals surface area contributed by atoms with Gasteiger partial charge in [0.1, 0.15) is 0 Å². The Labute approximate surface area is 118 Å². The van der Waals surface area contributed by atoms with Crippen LogP contribution in [0.5, 0.6) is 0 Å². The Hall–Kier alpha value is -1.02. The monoisotopic (exact) mass is 260 g/mol. The van der Waals surface area contributed by atoms with Crippen LogP contribution in [0.1, 0.15) is 39.5 Å². The molecule has 1 unspecified atom stereocenters. The Kier molecular flexibility index (Phi) is 5.26. The van der Waals surface area contributed by atoms with E-state index >= 15 is 0 Å². The molecule has 0 saturated carbocycles. The molecule has 0 bridgehead atoms. The molecule has 106 valence electrons. The number of nitrogens with zero attached hydrogens (tertiary/aromatic N) is 1. The van der Waals surface area contributed by atoms with Crippen LogP contribution in [0, 0.1) is 5.41 Å². The molecular weight excluding hydrogens is 232 g/mol. The third-order valence-corrected chi connectivity index (χ3v) is 4.16. The van der Waals surface area contributed by atoms with Crippen molar-refractivity contribution in [1.82, 2.24) is 5.32 Å². The second-order valence-electron chi connectivity index (χ2n) is 6.20. The second kappa shape index (κ2) is 6.95. The number of nitrogens with one attached hydrogen (secondary N) is 1. The molecule has 1 aliphatic rings. The summed E-state index contributed by atoms with van der Waals surface area (Å²) >= 11 is 0. The van der Waals surface area contributed by atoms with E-state index in [0.29, 0.717) is 5.41 Å². The average molecular weight is 260 g/mol. The molecule has 2 rings (SSSR count). The smallest absolute Gasteiger partial charge is 0.0366 e. The molecule has 2 heteroatoms. The van der Waals surface area contributed by atoms with E-state index < -0.39 is 0 Å². The predicted molar refractivity (Wildman–Crippen MR) is 83.8 cm³/mol. The molecule has 2 nitrogen and oxygen atoms in total. The summed E-state index contributed by atoms with van der Waals surface area (Å²) in [5.74, 6) is 0. The topological polar surface area (TPSA) is 15.3 Å². The van der Waals surface area contributed by atoms with Gasteiger partial charge in [-0.3, -0.25) is 0 Å². The van der Waals surface area contributed by atoms with Gasteiger partial charge in [-0.25, -0.2) is 0 Å². The lowest BCUT2D eigenvalue weighted by atomic mass is 9.82. The summed E-state index contributed by atoms with van der Waals surface area (Å²) in [7, 11) is 0. The third-order valence-electron chi connectivity index (χ3n) is 4.16. The molecule has 1 aromatic carbocycles. The Bertz CT molecular complexity index is 355. The van der Waals surface area contributed by atoms with Crippen molar-refractivity contribution in [3.63, 3.8) is 0 Å². The summed E-state index contributed by atoms with van der Waals surface area (Å²) in [6, 6.07) is 10.9. The number of piperidine rings is 1. The zero-order chi connectivity index (χ0) is 13.6. The molecule has 0 radical (unpaired) electrons. The summed E-state index contributed by atoms with van der Waals surface area (Å²) in [5.41, 5.74) is 1.80. The van der Waals surface area contributed by atoms with Gasteiger partial charge in [0.2, 0.25) is 0 Å². The predicted octanol–water partition coefficient (Wildman–Crippen LogP) is 3.68. The normalized spacial score (nSPS) is 23.3. The van der Waals surface area contributed by atoms with Crippen molar-refractivity contribution < 1.29 is 0 Å². The van der Waals surface area contributed by atoms with E-state index in [1.54, 1.807) is 0 Å². The Balaban J connectivity index is 2.05. The minimum absolute atomic E-state index is 0.418. The van der Waals surface area contributed by atoms with Crippen molar-refractivity contribution in [3.8, 4) is 0 Å². The molecule has 1 N–H and O–H groups in total. The number of benzene rings is 1. The zero-order valence-corrected chi connectivity index (χ0v) is 12.5. The van der Waals surface area contributed by atoms with Crippen molar-refractivity contribution in [2.24, 2.45) is 5.41 Å². The largest absolute Gasteiger partial charge is 0.371 e. The fourth-order valence-electron chi connectivity index (χ4n) is 3.00. The van der Waals surface area contributed by atoms with Gasteiger partial charge in [-0.05, 0) is 43.4 Å². The third kappa shape index (κ3) is 4.24. The molecule has 19 heavy (non-hydrogen) atoms. The maximum Gasteiger partial charge on any atom is 0.0366 e. The van der Waals surface area contributed by atoms with Gasteiger partial charge in [0.05, 0.1) is 0 Å². The standard InChI is InChI=1S/C17H28N2/c1-3-4-13-19(16-9-6-5-7-10-16)15-17(2)11-8-12-18-14-17/h5-7,9-10,18H,3-4,8,11-15H2,1-2H3. The summed E-state index contributed by atoms with van der Waals surface area (Å²) in [6.45, 7) is 9.40. The van der Waals surface area contributed by atoms with Crippen molar-refractivity contribution in [3.05, 3.63) is 30.3 Å². The number of rotatable bonds is 6. The number of unbranched alkanes of at least 4 members (excludes halogenated alkanes) is 1. The Morgan fingerprint density at radius 1 is 1.26 bits per heavy atom. The summed E-state index contributed by atoms with van der Waals surface area (Å²) in [5, 5.41) is 3.56. The van der Waals surface area contributed by atoms with Crippen molar-refractivity contribution in [2.75, 3.05) is 31.1 Å². The van der Waals surface area contributed by atoms with Crippen LogP contribution in [0.15, 0.2) is 30.3 Å². The van der Waals surface area contributed by atoms with E-state index in [9.17, 15) is 0 Å². The molecule has 0 aromatic heterocycles. The quantitative estimate of drug-likeness (QED) is 0.839. The highest BCUT2D eigenvalue weighted by atomic mass is 15.1. The van der Waals surface area contributed by atoms with Crippen LogP contribution in [0.2, 0.25) is 0 Å². The Morgan fingerprint density at radius 3 is 2.68 bits per heavy atom. The highest BCUT2D eigenvalue weighted by Crippen LogP contribution is 2.29. The van der Waals surface area contributed by atoms with Gasteiger partial charge in [0.15, 0.2) is 0 Å². The van der Waals surface area contributed by atoms with Crippen molar-refractivity contribution in [2.45, 2.75) is 39.5 Å². The lowest BCUT2D eigenvalue weighted by molar-refractivity contribution is 0.240. The highest BCUT2D eigenvalue weighted by Gasteiger charge is 2.29. The van der Waals surface area contributed by atoms with E-state index in [2.05, 4.69) is 54.4 Å². The van der Waals surface area contributed by atoms with Gasteiger partial charge < -0.3 is 10.2 Å². The minimum atomic E-state index is 0.418. The van der Waals surface area contributed by atoms with Gasteiger partial charge in [0.25, 0.3) is 0 Å². The van der Waals surface area contributed by atoms with Crippen LogP contribution in [-0.2, 0) is 0 Å². The number of hydrogen-bond donors (Lipinski definition) is 1. The van der Waals surface area contributed by atoms with Gasteiger partial charge in [-0.15, -0.1) is 0 Å². The molecule has 0 aliphatic carbocycles. The maximum atomic E-state index is 3.56. The highest BCUT2D eigenvalue weighted by molar-refractivity contribution is 5.46. The first kappa shape index (κ1) is 14.4. The first-order valence-electron chi connectivity index (χ1n) is 7.74. The van der Waals surface area contributed by atoms with Crippen LogP contribution in [0.3, 0.4) is 0 Å². The molecule has 0 spiro atoms. The lowest BCUT2D eigenvalue weighted by Crippen LogP contribution is -2.46. The van der Waals surface area contributed by atoms with Crippen LogP contribution in [0.4, 0.5) is 5.69 Å². The molecule has 0 amide bonds. The van der Waals surface area contributed by atoms with Crippen molar-refractivity contribution in [1.29, 1.82) is 0 Å². The molecule has 1 heterocycles. The fourth-order valence-corrected chi connectivity index (χ4v) is 3.00. The SMILES string of the molecule is CCCCN(CC1(C)CCCNC1)c1ccccc1. The van der Waals surface area contributed by atoms with Gasteiger partial charge >= 0.3 is 0 Å². The van der Waals surface area contributed by atoms with E-state index in [0.717, 1.165) is 6.54 Å². The lowest BCUT2D eigenvalue weighted by Gasteiger charge is -2.39. The molecule has 1 saturated heterocycles. The maximum absolute atomic E-state index is 3.56. The van der Waals surface area contributed by atoms with E-state index in [1.165, 1.54) is 51.0 Å². The average Bonchev–Trinajstić information content (AvgIpc) is 2.45. The van der Waals surface area contributed by atoms with Crippen LogP contribution >= 0.6 is 0 Å². The zero-order valence-electron chi connectivity index (χ0n) is 12.5. The molecular formula is C17H28N2. The van der Waals surface area contributed by atoms with E-state index in [1.807, 2.05) is 0 Å². The van der Waals surface area contributed by atoms with Gasteiger partial charge in [0, 0.05) is 25.3 Å². The second-order valence-corrected chi connectivity index (χ2v) is 6.20. The van der Waals surface area contributed by atoms with Gasteiger partial charge in [-0.2, -0.15) is 0 Å². The van der Waals surface area contributed by atoms with Crippen molar-refractivity contribution >= 4 is 5.69 Å². The Morgan fingerprint density at radius 2 is 2.05 bits per heavy atom. The molecule has 1 aliphatic heterocycles. The van der Waals surface area contributed by atoms with Gasteiger partial charge in [-0.1, -0.05) is 38.5 Å². The van der Waals surface area contributed by atoms with E-state index in [4.69, 9.17) is 0 Å². The number of hydrogen-bond acceptors (Lipinski definition) is 2. The minimum Gasteiger partial charge on any atom is -0.371 e. The molecule has 1 fully saturated rings. The summed E-state index contributed by atoms with van der Waals surface area (Å²) in [4.78, 5) is 2.58. The fraction of sp³-hybridized carbons (Fsp3) is 0.647. The summed E-state index contributed by atoms with van der Waals surface area (Å²) < 4.78 is 0. The molecule has 1 atom stereocenters. The summed E-state index contributed by atoms with van der Waals surface area (Å²) in [6.07, 6.45) is 5.19. The number of anilines is 1. The van der Waals surface area contributed by atoms with Crippen LogP contribution < -0.4 is 10.2 Å². The first-order chi connectivity index (χ1) is 9.23. The van der Waals surface area contributed by atoms with E-state index in [-0.39, 0.29) is 0 Å². The number of para-hydroxylation sites is 1. The van der Waals surface area contributed by atoms with Crippen LogP contribution in [-0.4, -0.2) is 26.2 Å². The molecule has 1 aromatic rings. The first-order valence-corrected chi connectivity index (χ1v) is 7.74.